The fourth-order valence-electron chi connectivity index (χ4n) is 4.90. The Hall–Kier alpha value is -4.14. The molecule has 0 aliphatic carbocycles. The molecule has 1 saturated heterocycles. The van der Waals surface area contributed by atoms with Crippen LogP contribution in [0.1, 0.15) is 24.5 Å². The van der Waals surface area contributed by atoms with Gasteiger partial charge in [0, 0.05) is 50.3 Å². The van der Waals surface area contributed by atoms with E-state index in [1.165, 1.54) is 25.9 Å². The van der Waals surface area contributed by atoms with Crippen molar-refractivity contribution >= 4 is 23.1 Å². The molecular weight excluding hydrogens is 466 g/mol. The molecule has 1 fully saturated rings. The van der Waals surface area contributed by atoms with Crippen LogP contribution in [0.25, 0.3) is 5.65 Å². The summed E-state index contributed by atoms with van der Waals surface area (Å²) < 4.78 is 2.70. The Kier molecular flexibility index (Phi) is 7.20. The number of aromatic nitrogens is 4. The molecular formula is C28H33N7O2. The van der Waals surface area contributed by atoms with E-state index in [0.717, 1.165) is 39.0 Å². The van der Waals surface area contributed by atoms with Crippen molar-refractivity contribution in [3.63, 3.8) is 0 Å². The minimum atomic E-state index is -0.343. The first-order valence-electron chi connectivity index (χ1n) is 12.8. The van der Waals surface area contributed by atoms with E-state index in [1.54, 1.807) is 12.4 Å². The van der Waals surface area contributed by atoms with Crippen molar-refractivity contribution in [2.24, 2.45) is 0 Å². The van der Waals surface area contributed by atoms with Crippen molar-refractivity contribution in [3.8, 4) is 0 Å². The normalized spacial score (nSPS) is 14.6. The summed E-state index contributed by atoms with van der Waals surface area (Å²) in [6, 6.07) is 18.6. The van der Waals surface area contributed by atoms with Gasteiger partial charge < -0.3 is 15.1 Å². The third-order valence-electron chi connectivity index (χ3n) is 6.93. The minimum absolute atomic E-state index is 0.0118. The zero-order valence-electron chi connectivity index (χ0n) is 21.4. The lowest BCUT2D eigenvalue weighted by atomic mass is 10.1. The predicted molar refractivity (Wildman–Crippen MR) is 145 cm³/mol. The monoisotopic (exact) mass is 499 g/mol. The zero-order valence-corrected chi connectivity index (χ0v) is 21.4. The second-order valence-corrected chi connectivity index (χ2v) is 9.64. The molecule has 9 nitrogen and oxygen atoms in total. The first kappa shape index (κ1) is 24.5. The molecule has 1 N–H and O–H groups in total. The minimum Gasteiger partial charge on any atom is -0.368 e. The van der Waals surface area contributed by atoms with Crippen molar-refractivity contribution in [1.29, 1.82) is 0 Å². The first-order valence-corrected chi connectivity index (χ1v) is 12.8. The van der Waals surface area contributed by atoms with Crippen LogP contribution in [-0.4, -0.2) is 57.3 Å². The summed E-state index contributed by atoms with van der Waals surface area (Å²) in [5.74, 6) is 0.437. The van der Waals surface area contributed by atoms with Crippen LogP contribution in [0.15, 0.2) is 71.8 Å². The highest BCUT2D eigenvalue weighted by Crippen LogP contribution is 2.23. The Morgan fingerprint density at radius 2 is 1.70 bits per heavy atom. The first-order chi connectivity index (χ1) is 18.0. The summed E-state index contributed by atoms with van der Waals surface area (Å²) in [5.41, 5.74) is 3.87. The van der Waals surface area contributed by atoms with Gasteiger partial charge in [0.1, 0.15) is 6.54 Å². The number of rotatable bonds is 8. The van der Waals surface area contributed by atoms with Crippen molar-refractivity contribution < 1.29 is 4.79 Å². The van der Waals surface area contributed by atoms with E-state index < -0.39 is 0 Å². The number of nitrogens with one attached hydrogen (secondary N) is 1. The van der Waals surface area contributed by atoms with Gasteiger partial charge in [0.2, 0.25) is 11.6 Å². The Morgan fingerprint density at radius 3 is 2.46 bits per heavy atom. The van der Waals surface area contributed by atoms with Gasteiger partial charge in [-0.25, -0.2) is 18.9 Å². The fourth-order valence-corrected chi connectivity index (χ4v) is 4.90. The quantitative estimate of drug-likeness (QED) is 0.401. The van der Waals surface area contributed by atoms with Gasteiger partial charge in [0.05, 0.1) is 0 Å². The van der Waals surface area contributed by atoms with Crippen LogP contribution in [-0.2, 0) is 17.8 Å². The third-order valence-corrected chi connectivity index (χ3v) is 6.93. The maximum atomic E-state index is 13.0. The van der Waals surface area contributed by atoms with E-state index in [4.69, 9.17) is 0 Å². The van der Waals surface area contributed by atoms with Crippen LogP contribution in [0.2, 0.25) is 0 Å². The van der Waals surface area contributed by atoms with Crippen LogP contribution >= 0.6 is 0 Å². The third kappa shape index (κ3) is 5.50. The maximum absolute atomic E-state index is 13.0. The molecule has 1 aliphatic heterocycles. The highest BCUT2D eigenvalue weighted by atomic mass is 16.2. The molecule has 0 bridgehead atoms. The number of fused-ring (bicyclic) bond motifs is 1. The van der Waals surface area contributed by atoms with Gasteiger partial charge in [-0.05, 0) is 43.9 Å². The molecule has 0 unspecified atom stereocenters. The Bertz CT molecular complexity index is 1420. The van der Waals surface area contributed by atoms with Crippen LogP contribution in [0.4, 0.5) is 11.5 Å². The molecule has 2 aromatic carbocycles. The maximum Gasteiger partial charge on any atom is 0.350 e. The Balaban J connectivity index is 1.24. The van der Waals surface area contributed by atoms with Gasteiger partial charge >= 0.3 is 5.69 Å². The number of nitrogens with zero attached hydrogens (tertiary/aromatic N) is 6. The predicted octanol–water partition coefficient (Wildman–Crippen LogP) is 2.66. The molecule has 0 saturated carbocycles. The van der Waals surface area contributed by atoms with E-state index in [2.05, 4.69) is 68.5 Å². The van der Waals surface area contributed by atoms with E-state index in [-0.39, 0.29) is 24.2 Å². The second kappa shape index (κ2) is 10.9. The van der Waals surface area contributed by atoms with Crippen LogP contribution < -0.4 is 20.8 Å². The number of benzene rings is 2. The van der Waals surface area contributed by atoms with E-state index in [0.29, 0.717) is 11.5 Å². The van der Waals surface area contributed by atoms with Crippen LogP contribution in [0, 0.1) is 6.92 Å². The van der Waals surface area contributed by atoms with E-state index >= 15 is 0 Å². The average molecular weight is 500 g/mol. The molecule has 192 valence electrons. The van der Waals surface area contributed by atoms with Crippen LogP contribution in [0.5, 0.6) is 0 Å². The van der Waals surface area contributed by atoms with Crippen LogP contribution in [0.3, 0.4) is 0 Å². The summed E-state index contributed by atoms with van der Waals surface area (Å²) >= 11 is 0. The smallest absolute Gasteiger partial charge is 0.350 e. The van der Waals surface area contributed by atoms with Crippen molar-refractivity contribution in [3.05, 3.63) is 88.6 Å². The molecule has 1 atom stereocenters. The lowest BCUT2D eigenvalue weighted by Gasteiger charge is -2.37. The number of anilines is 2. The van der Waals surface area contributed by atoms with Gasteiger partial charge in [0.25, 0.3) is 0 Å². The van der Waals surface area contributed by atoms with E-state index in [1.807, 2.05) is 25.1 Å². The molecule has 1 amide bonds. The van der Waals surface area contributed by atoms with Crippen molar-refractivity contribution in [2.45, 2.75) is 39.3 Å². The number of hydrogen-bond donors (Lipinski definition) is 1. The number of hydrogen-bond acceptors (Lipinski definition) is 6. The lowest BCUT2D eigenvalue weighted by molar-refractivity contribution is -0.122. The standard InChI is InChI=1S/C28H33N7O2/c1-21-8-6-7-11-24(21)32-16-18-33(19-17-32)26-27-31-35(28(37)34(27)15-14-29-26)20-25(36)30-22(2)12-13-23-9-4-3-5-10-23/h3-11,14-15,22H,12-13,16-20H2,1-2H3,(H,30,36)/t22-/m1/s1. The average Bonchev–Trinajstić information content (AvgIpc) is 3.23. The van der Waals surface area contributed by atoms with Gasteiger partial charge in [0.15, 0.2) is 5.82 Å². The second-order valence-electron chi connectivity index (χ2n) is 9.64. The molecule has 5 rings (SSSR count). The van der Waals surface area contributed by atoms with Gasteiger partial charge in [-0.2, -0.15) is 0 Å². The fraction of sp³-hybridized carbons (Fsp3) is 0.357. The number of para-hydroxylation sites is 1. The summed E-state index contributed by atoms with van der Waals surface area (Å²) in [6.45, 7) is 7.21. The van der Waals surface area contributed by atoms with Gasteiger partial charge in [-0.1, -0.05) is 48.5 Å². The van der Waals surface area contributed by atoms with Crippen molar-refractivity contribution in [2.75, 3.05) is 36.0 Å². The summed E-state index contributed by atoms with van der Waals surface area (Å²) in [5, 5.41) is 7.50. The summed E-state index contributed by atoms with van der Waals surface area (Å²) in [6.07, 6.45) is 4.92. The number of amides is 1. The molecule has 4 aromatic rings. The zero-order chi connectivity index (χ0) is 25.8. The number of carbonyl (C=O) groups is 1. The van der Waals surface area contributed by atoms with Crippen molar-refractivity contribution in [1.82, 2.24) is 24.5 Å². The van der Waals surface area contributed by atoms with Gasteiger partial charge in [-0.3, -0.25) is 4.79 Å². The van der Waals surface area contributed by atoms with E-state index in [9.17, 15) is 9.59 Å². The Labute approximate surface area is 216 Å². The molecule has 0 radical (unpaired) electrons. The Morgan fingerprint density at radius 1 is 1.00 bits per heavy atom. The lowest BCUT2D eigenvalue weighted by Crippen LogP contribution is -2.47. The summed E-state index contributed by atoms with van der Waals surface area (Å²) in [7, 11) is 0. The topological polar surface area (TPSA) is 87.8 Å². The molecule has 0 spiro atoms. The molecule has 2 aromatic heterocycles. The number of aryl methyl sites for hydroxylation is 2. The largest absolute Gasteiger partial charge is 0.368 e. The highest BCUT2D eigenvalue weighted by Gasteiger charge is 2.23. The molecule has 9 heteroatoms. The molecule has 3 heterocycles. The number of piperazine rings is 1. The SMILES string of the molecule is Cc1ccccc1N1CCN(c2nccn3c(=O)n(CC(=O)N[C@H](C)CCc4ccccc4)nc23)CC1. The highest BCUT2D eigenvalue weighted by molar-refractivity contribution is 5.76. The molecule has 1 aliphatic rings. The van der Waals surface area contributed by atoms with Gasteiger partial charge in [-0.15, -0.1) is 5.10 Å². The summed E-state index contributed by atoms with van der Waals surface area (Å²) in [4.78, 5) is 34.8. The molecule has 37 heavy (non-hydrogen) atoms. The number of carbonyl (C=O) groups excluding carboxylic acids is 1.